The molecule has 11 heavy (non-hydrogen) atoms. The van der Waals surface area contributed by atoms with Gasteiger partial charge in [-0.2, -0.15) is 0 Å². The molecule has 0 aromatic heterocycles. The number of aliphatic carboxylic acids is 1. The molecule has 0 saturated carbocycles. The fourth-order valence-electron chi connectivity index (χ4n) is 0. The van der Waals surface area contributed by atoms with E-state index in [-0.39, 0.29) is 0 Å². The first-order valence-corrected chi connectivity index (χ1v) is 3.10. The van der Waals surface area contributed by atoms with Crippen LogP contribution in [0.4, 0.5) is 0 Å². The van der Waals surface area contributed by atoms with Crippen molar-refractivity contribution in [2.24, 2.45) is 0 Å². The van der Waals surface area contributed by atoms with Crippen molar-refractivity contribution in [2.45, 2.75) is 20.8 Å². The second-order valence-corrected chi connectivity index (χ2v) is 2.13. The Morgan fingerprint density at radius 2 is 1.45 bits per heavy atom. The summed E-state index contributed by atoms with van der Waals surface area (Å²) in [5.74, 6) is -0.556. The Hall–Kier alpha value is -1.25. The molecule has 0 amide bonds. The third kappa shape index (κ3) is 17.7. The number of allylic oxidation sites excluding steroid dienone is 2. The number of carboxylic acids is 1. The molecule has 0 spiro atoms. The van der Waals surface area contributed by atoms with Crippen LogP contribution in [0.1, 0.15) is 20.8 Å². The van der Waals surface area contributed by atoms with Gasteiger partial charge >= 0.3 is 5.97 Å². The number of rotatable bonds is 1. The number of aliphatic hydroxyl groups is 1. The zero-order valence-electron chi connectivity index (χ0n) is 7.09. The van der Waals surface area contributed by atoms with Gasteiger partial charge in [-0.3, -0.25) is 0 Å². The van der Waals surface area contributed by atoms with Crippen molar-refractivity contribution >= 4 is 5.97 Å². The summed E-state index contributed by atoms with van der Waals surface area (Å²) >= 11 is 0. The van der Waals surface area contributed by atoms with Crippen LogP contribution in [-0.2, 0) is 4.79 Å². The van der Waals surface area contributed by atoms with E-state index in [1.54, 1.807) is 6.92 Å². The summed E-state index contributed by atoms with van der Waals surface area (Å²) in [6.07, 6.45) is 0.833. The fraction of sp³-hybridized carbons (Fsp3) is 0.375. The number of hydrogen-bond acceptors (Lipinski definition) is 2. The van der Waals surface area contributed by atoms with Gasteiger partial charge in [-0.1, -0.05) is 6.58 Å². The Balaban J connectivity index is 0. The first-order chi connectivity index (χ1) is 4.91. The van der Waals surface area contributed by atoms with E-state index in [0.29, 0.717) is 5.76 Å². The number of carboxylic acid groups (broad SMARTS) is 1. The maximum Gasteiger partial charge on any atom is 0.327 e. The highest BCUT2D eigenvalue weighted by Crippen LogP contribution is 1.93. The molecule has 0 fully saturated rings. The highest BCUT2D eigenvalue weighted by molar-refractivity contribution is 5.78. The molecule has 3 heteroatoms. The van der Waals surface area contributed by atoms with Crippen molar-refractivity contribution in [1.29, 1.82) is 0 Å². The predicted molar refractivity (Wildman–Crippen MR) is 44.5 cm³/mol. The van der Waals surface area contributed by atoms with E-state index in [4.69, 9.17) is 10.2 Å². The van der Waals surface area contributed by atoms with Crippen LogP contribution in [0.5, 0.6) is 0 Å². The summed E-state index contributed by atoms with van der Waals surface area (Å²) in [6.45, 7) is 8.38. The van der Waals surface area contributed by atoms with Crippen LogP contribution in [0.2, 0.25) is 0 Å². The maximum absolute atomic E-state index is 9.25. The van der Waals surface area contributed by atoms with E-state index < -0.39 is 5.97 Å². The summed E-state index contributed by atoms with van der Waals surface area (Å²) in [6, 6.07) is 0. The lowest BCUT2D eigenvalue weighted by Crippen LogP contribution is -1.82. The minimum atomic E-state index is -0.981. The van der Waals surface area contributed by atoms with Crippen LogP contribution in [0.25, 0.3) is 0 Å². The highest BCUT2D eigenvalue weighted by atomic mass is 16.4. The molecule has 0 atom stereocenters. The Kier molecular flexibility index (Phi) is 7.76. The normalized spacial score (nSPS) is 7.18. The number of carbonyl (C=O) groups is 1. The van der Waals surface area contributed by atoms with Gasteiger partial charge in [0.1, 0.15) is 0 Å². The second-order valence-electron chi connectivity index (χ2n) is 2.13. The SMILES string of the molecule is C=CC(=O)O.CC(C)=C(C)O. The number of hydrogen-bond donors (Lipinski definition) is 2. The molecular formula is C8H14O3. The molecule has 0 unspecified atom stereocenters. The van der Waals surface area contributed by atoms with Gasteiger partial charge in [0.15, 0.2) is 0 Å². The van der Waals surface area contributed by atoms with Crippen LogP contribution in [0, 0.1) is 0 Å². The van der Waals surface area contributed by atoms with Crippen LogP contribution in [0.3, 0.4) is 0 Å². The van der Waals surface area contributed by atoms with Crippen molar-refractivity contribution in [3.8, 4) is 0 Å². The lowest BCUT2D eigenvalue weighted by atomic mass is 10.3. The molecule has 0 aromatic carbocycles. The quantitative estimate of drug-likeness (QED) is 0.454. The lowest BCUT2D eigenvalue weighted by molar-refractivity contribution is -0.131. The minimum Gasteiger partial charge on any atom is -0.513 e. The topological polar surface area (TPSA) is 57.5 Å². The Morgan fingerprint density at radius 1 is 1.27 bits per heavy atom. The zero-order valence-corrected chi connectivity index (χ0v) is 7.09. The zero-order chi connectivity index (χ0) is 9.44. The van der Waals surface area contributed by atoms with Gasteiger partial charge in [-0.15, -0.1) is 0 Å². The van der Waals surface area contributed by atoms with Crippen LogP contribution < -0.4 is 0 Å². The molecule has 0 aliphatic carbocycles. The Morgan fingerprint density at radius 3 is 1.45 bits per heavy atom. The van der Waals surface area contributed by atoms with Gasteiger partial charge < -0.3 is 10.2 Å². The molecule has 0 heterocycles. The summed E-state index contributed by atoms with van der Waals surface area (Å²) < 4.78 is 0. The van der Waals surface area contributed by atoms with E-state index in [9.17, 15) is 4.79 Å². The van der Waals surface area contributed by atoms with Gasteiger partial charge in [0, 0.05) is 6.08 Å². The molecule has 0 rings (SSSR count). The monoisotopic (exact) mass is 158 g/mol. The molecule has 2 N–H and O–H groups in total. The second kappa shape index (κ2) is 6.86. The smallest absolute Gasteiger partial charge is 0.327 e. The molecule has 64 valence electrons. The van der Waals surface area contributed by atoms with Crippen molar-refractivity contribution in [3.63, 3.8) is 0 Å². The fourth-order valence-corrected chi connectivity index (χ4v) is 0. The van der Waals surface area contributed by atoms with Gasteiger partial charge in [-0.05, 0) is 26.3 Å². The number of aliphatic hydroxyl groups excluding tert-OH is 1. The van der Waals surface area contributed by atoms with E-state index in [2.05, 4.69) is 6.58 Å². The predicted octanol–water partition coefficient (Wildman–Crippen LogP) is 2.12. The van der Waals surface area contributed by atoms with Gasteiger partial charge in [-0.25, -0.2) is 4.79 Å². The summed E-state index contributed by atoms with van der Waals surface area (Å²) in [4.78, 5) is 9.25. The molecule has 0 aromatic rings. The van der Waals surface area contributed by atoms with Crippen molar-refractivity contribution < 1.29 is 15.0 Å². The largest absolute Gasteiger partial charge is 0.513 e. The van der Waals surface area contributed by atoms with Crippen LogP contribution >= 0.6 is 0 Å². The average molecular weight is 158 g/mol. The molecule has 0 radical (unpaired) electrons. The Labute approximate surface area is 66.7 Å². The van der Waals surface area contributed by atoms with Crippen LogP contribution in [0.15, 0.2) is 24.0 Å². The van der Waals surface area contributed by atoms with E-state index in [1.165, 1.54) is 0 Å². The first-order valence-electron chi connectivity index (χ1n) is 3.10. The van der Waals surface area contributed by atoms with Gasteiger partial charge in [0.2, 0.25) is 0 Å². The van der Waals surface area contributed by atoms with E-state index in [0.717, 1.165) is 11.6 Å². The molecular weight excluding hydrogens is 144 g/mol. The van der Waals surface area contributed by atoms with Crippen molar-refractivity contribution in [2.75, 3.05) is 0 Å². The van der Waals surface area contributed by atoms with Gasteiger partial charge in [0.05, 0.1) is 5.76 Å². The standard InChI is InChI=1S/C5H10O.C3H4O2/c1-4(2)5(3)6;1-2-3(4)5/h6H,1-3H3;2H,1H2,(H,4,5). The highest BCUT2D eigenvalue weighted by Gasteiger charge is 1.78. The third-order valence-electron chi connectivity index (χ3n) is 0.898. The van der Waals surface area contributed by atoms with E-state index in [1.807, 2.05) is 13.8 Å². The lowest BCUT2D eigenvalue weighted by Gasteiger charge is -1.87. The molecule has 0 saturated heterocycles. The average Bonchev–Trinajstić information content (AvgIpc) is 1.89. The summed E-state index contributed by atoms with van der Waals surface area (Å²) in [5, 5.41) is 16.1. The Bertz CT molecular complexity index is 150. The third-order valence-corrected chi connectivity index (χ3v) is 0.898. The molecule has 0 aliphatic heterocycles. The minimum absolute atomic E-state index is 0.426. The van der Waals surface area contributed by atoms with Crippen LogP contribution in [-0.4, -0.2) is 16.2 Å². The van der Waals surface area contributed by atoms with Crippen molar-refractivity contribution in [1.82, 2.24) is 0 Å². The van der Waals surface area contributed by atoms with Crippen molar-refractivity contribution in [3.05, 3.63) is 24.0 Å². The van der Waals surface area contributed by atoms with E-state index >= 15 is 0 Å². The van der Waals surface area contributed by atoms with Gasteiger partial charge in [0.25, 0.3) is 0 Å². The summed E-state index contributed by atoms with van der Waals surface area (Å²) in [5.41, 5.74) is 0.981. The summed E-state index contributed by atoms with van der Waals surface area (Å²) in [7, 11) is 0. The maximum atomic E-state index is 9.25. The first kappa shape index (κ1) is 12.4. The molecule has 3 nitrogen and oxygen atoms in total. The molecule has 0 bridgehead atoms. The molecule has 0 aliphatic rings.